The Morgan fingerprint density at radius 1 is 1.17 bits per heavy atom. The Balaban J connectivity index is 1.48. The molecule has 0 bridgehead atoms. The van der Waals surface area contributed by atoms with Crippen LogP contribution >= 0.6 is 23.2 Å². The van der Waals surface area contributed by atoms with Crippen LogP contribution in [-0.4, -0.2) is 47.4 Å². The molecule has 12 heteroatoms. The van der Waals surface area contributed by atoms with E-state index < -0.39 is 30.0 Å². The van der Waals surface area contributed by atoms with Gasteiger partial charge in [-0.15, -0.1) is 0 Å². The number of likely N-dealkylation sites (tertiary alicyclic amines) is 1. The van der Waals surface area contributed by atoms with Crippen molar-refractivity contribution in [1.29, 1.82) is 0 Å². The van der Waals surface area contributed by atoms with Crippen molar-refractivity contribution in [3.8, 4) is 11.5 Å². The van der Waals surface area contributed by atoms with E-state index in [1.54, 1.807) is 26.8 Å². The Morgan fingerprint density at radius 2 is 1.81 bits per heavy atom. The van der Waals surface area contributed by atoms with Crippen molar-refractivity contribution in [2.45, 2.75) is 52.1 Å². The Morgan fingerprint density at radius 3 is 2.42 bits per heavy atom. The summed E-state index contributed by atoms with van der Waals surface area (Å²) in [7, 11) is 0. The number of carbonyl (C=O) groups excluding carboxylic acids is 1. The van der Waals surface area contributed by atoms with Gasteiger partial charge in [-0.25, -0.2) is 0 Å². The van der Waals surface area contributed by atoms with Gasteiger partial charge in [0.25, 0.3) is 17.3 Å². The predicted molar refractivity (Wildman–Crippen MR) is 129 cm³/mol. The number of nitrogens with zero attached hydrogens (tertiary/aromatic N) is 1. The summed E-state index contributed by atoms with van der Waals surface area (Å²) < 4.78 is 50.5. The van der Waals surface area contributed by atoms with Gasteiger partial charge in [0, 0.05) is 29.7 Å². The predicted octanol–water partition coefficient (Wildman–Crippen LogP) is 4.99. The van der Waals surface area contributed by atoms with Crippen molar-refractivity contribution in [3.63, 3.8) is 0 Å². The van der Waals surface area contributed by atoms with Gasteiger partial charge in [0.05, 0.1) is 28.7 Å². The fourth-order valence-electron chi connectivity index (χ4n) is 4.72. The number of alkyl halides is 3. The van der Waals surface area contributed by atoms with Crippen LogP contribution in [-0.2, 0) is 6.54 Å². The van der Waals surface area contributed by atoms with E-state index >= 15 is 0 Å². The molecule has 1 fully saturated rings. The largest absolute Gasteiger partial charge is 0.448 e. The molecule has 1 aromatic carbocycles. The highest BCUT2D eigenvalue weighted by atomic mass is 35.5. The minimum absolute atomic E-state index is 0.0903. The Hall–Kier alpha value is -2.43. The van der Waals surface area contributed by atoms with Gasteiger partial charge in [-0.2, -0.15) is 13.2 Å². The van der Waals surface area contributed by atoms with Gasteiger partial charge in [0.2, 0.25) is 0 Å². The highest BCUT2D eigenvalue weighted by Crippen LogP contribution is 2.51. The average Bonchev–Trinajstić information content (AvgIpc) is 3.14. The number of hydrogen-bond acceptors (Lipinski definition) is 5. The lowest BCUT2D eigenvalue weighted by Crippen LogP contribution is -2.49. The Labute approximate surface area is 215 Å². The first-order valence-electron chi connectivity index (χ1n) is 11.4. The number of nitrogens with one attached hydrogen (secondary N) is 2. The third-order valence-electron chi connectivity index (χ3n) is 6.67. The molecule has 0 spiro atoms. The van der Waals surface area contributed by atoms with E-state index in [-0.39, 0.29) is 46.7 Å². The van der Waals surface area contributed by atoms with Crippen molar-refractivity contribution in [2.75, 3.05) is 19.6 Å². The normalized spacial score (nSPS) is 20.6. The Kier molecular flexibility index (Phi) is 7.24. The summed E-state index contributed by atoms with van der Waals surface area (Å²) in [5, 5.41) is 3.10. The first-order valence-corrected chi connectivity index (χ1v) is 12.2. The first-order chi connectivity index (χ1) is 16.8. The topological polar surface area (TPSA) is 83.7 Å². The molecule has 2 N–H and O–H groups in total. The minimum atomic E-state index is -4.24. The van der Waals surface area contributed by atoms with Crippen LogP contribution in [0.25, 0.3) is 0 Å². The molecule has 1 atom stereocenters. The van der Waals surface area contributed by atoms with Crippen molar-refractivity contribution in [1.82, 2.24) is 15.2 Å². The quantitative estimate of drug-likeness (QED) is 0.551. The molecule has 0 unspecified atom stereocenters. The van der Waals surface area contributed by atoms with Crippen LogP contribution in [0.2, 0.25) is 10.0 Å². The maximum absolute atomic E-state index is 13.0. The molecule has 0 radical (unpaired) electrons. The average molecular weight is 548 g/mol. The zero-order chi connectivity index (χ0) is 26.4. The number of hydrogen-bond donors (Lipinski definition) is 2. The van der Waals surface area contributed by atoms with Gasteiger partial charge >= 0.3 is 6.18 Å². The molecule has 4 rings (SSSR count). The SMILES string of the molecule is Cc1cc(Cl)c(CNC(=O)c2cc(Cl)c3c(c2C)O[C@](C)(C2CCN(CC(F)(F)F)CC2)O3)c(=O)[nH]1. The Bertz CT molecular complexity index is 1240. The number of aromatic amines is 1. The third kappa shape index (κ3) is 5.45. The summed E-state index contributed by atoms with van der Waals surface area (Å²) in [5.74, 6) is -1.16. The molecule has 2 aromatic rings. The van der Waals surface area contributed by atoms with Crippen LogP contribution < -0.4 is 20.3 Å². The molecular formula is C24H26Cl2F3N3O4. The molecule has 196 valence electrons. The summed E-state index contributed by atoms with van der Waals surface area (Å²) in [6.07, 6.45) is -3.33. The smallest absolute Gasteiger partial charge is 0.401 e. The number of carbonyl (C=O) groups is 1. The molecular weight excluding hydrogens is 522 g/mol. The zero-order valence-electron chi connectivity index (χ0n) is 19.9. The van der Waals surface area contributed by atoms with Crippen molar-refractivity contribution < 1.29 is 27.4 Å². The van der Waals surface area contributed by atoms with Crippen LogP contribution in [0.3, 0.4) is 0 Å². The van der Waals surface area contributed by atoms with Gasteiger partial charge in [0.15, 0.2) is 11.5 Å². The number of halogens is 5. The molecule has 7 nitrogen and oxygen atoms in total. The van der Waals surface area contributed by atoms with Crippen molar-refractivity contribution in [2.24, 2.45) is 5.92 Å². The molecule has 0 saturated carbocycles. The fourth-order valence-corrected chi connectivity index (χ4v) is 5.27. The summed E-state index contributed by atoms with van der Waals surface area (Å²) in [4.78, 5) is 29.2. The van der Waals surface area contributed by atoms with Gasteiger partial charge in [-0.3, -0.25) is 14.5 Å². The molecule has 1 aromatic heterocycles. The maximum Gasteiger partial charge on any atom is 0.401 e. The van der Waals surface area contributed by atoms with Gasteiger partial charge < -0.3 is 19.8 Å². The summed E-state index contributed by atoms with van der Waals surface area (Å²) in [6, 6.07) is 3.06. The standard InChI is InChI=1S/C24H26Cl2F3N3O4/c1-12-8-17(25)16(22(34)31-12)10-30-21(33)15-9-18(26)20-19(13(15)2)35-23(3,36-20)14-4-6-32(7-5-14)11-24(27,28)29/h8-9,14H,4-7,10-11H2,1-3H3,(H,30,33)(H,31,34)/t23-/m0/s1. The van der Waals surface area contributed by atoms with E-state index in [9.17, 15) is 22.8 Å². The molecule has 2 aliphatic heterocycles. The van der Waals surface area contributed by atoms with E-state index in [4.69, 9.17) is 32.7 Å². The van der Waals surface area contributed by atoms with E-state index in [0.29, 0.717) is 35.6 Å². The highest BCUT2D eigenvalue weighted by molar-refractivity contribution is 6.33. The van der Waals surface area contributed by atoms with Crippen LogP contribution in [0.1, 0.15) is 46.9 Å². The second-order valence-corrected chi connectivity index (χ2v) is 10.2. The molecule has 1 amide bonds. The number of benzene rings is 1. The second-order valence-electron chi connectivity index (χ2n) is 9.37. The number of amides is 1. The van der Waals surface area contributed by atoms with Crippen LogP contribution in [0, 0.1) is 19.8 Å². The second kappa shape index (κ2) is 9.79. The lowest BCUT2D eigenvalue weighted by molar-refractivity contribution is -0.159. The van der Waals surface area contributed by atoms with Crippen LogP contribution in [0.5, 0.6) is 11.5 Å². The lowest BCUT2D eigenvalue weighted by Gasteiger charge is -2.38. The molecule has 2 aliphatic rings. The number of ether oxygens (including phenoxy) is 2. The zero-order valence-corrected chi connectivity index (χ0v) is 21.5. The van der Waals surface area contributed by atoms with E-state index in [1.807, 2.05) is 0 Å². The molecule has 1 saturated heterocycles. The number of pyridine rings is 1. The van der Waals surface area contributed by atoms with Gasteiger partial charge in [-0.05, 0) is 51.9 Å². The fraction of sp³-hybridized carbons (Fsp3) is 0.500. The van der Waals surface area contributed by atoms with Crippen molar-refractivity contribution in [3.05, 3.63) is 54.9 Å². The number of fused-ring (bicyclic) bond motifs is 1. The van der Waals surface area contributed by atoms with Crippen molar-refractivity contribution >= 4 is 29.1 Å². The van der Waals surface area contributed by atoms with E-state index in [2.05, 4.69) is 10.3 Å². The number of piperidine rings is 1. The minimum Gasteiger partial charge on any atom is -0.448 e. The highest BCUT2D eigenvalue weighted by Gasteiger charge is 2.48. The first kappa shape index (κ1) is 26.6. The number of H-pyrrole nitrogens is 1. The molecule has 3 heterocycles. The summed E-state index contributed by atoms with van der Waals surface area (Å²) in [6.45, 7) is 4.63. The van der Waals surface area contributed by atoms with Gasteiger partial charge in [0.1, 0.15) is 0 Å². The van der Waals surface area contributed by atoms with E-state index in [0.717, 1.165) is 0 Å². The summed E-state index contributed by atoms with van der Waals surface area (Å²) >= 11 is 12.6. The van der Waals surface area contributed by atoms with Crippen LogP contribution in [0.15, 0.2) is 16.9 Å². The maximum atomic E-state index is 13.0. The molecule has 0 aliphatic carbocycles. The third-order valence-corrected chi connectivity index (χ3v) is 7.28. The summed E-state index contributed by atoms with van der Waals surface area (Å²) in [5.41, 5.74) is 1.18. The monoisotopic (exact) mass is 547 g/mol. The lowest BCUT2D eigenvalue weighted by atomic mass is 9.89. The number of aryl methyl sites for hydroxylation is 1. The van der Waals surface area contributed by atoms with Crippen LogP contribution in [0.4, 0.5) is 13.2 Å². The van der Waals surface area contributed by atoms with Gasteiger partial charge in [-0.1, -0.05) is 23.2 Å². The molecule has 36 heavy (non-hydrogen) atoms. The number of aromatic nitrogens is 1. The van der Waals surface area contributed by atoms with E-state index in [1.165, 1.54) is 11.0 Å². The number of rotatable bonds is 5.